The smallest absolute Gasteiger partial charge is 0.222 e. The summed E-state index contributed by atoms with van der Waals surface area (Å²) in [6, 6.07) is 7.87. The van der Waals surface area contributed by atoms with Crippen molar-refractivity contribution in [2.24, 2.45) is 0 Å². The summed E-state index contributed by atoms with van der Waals surface area (Å²) in [5.74, 6) is 1.52. The fraction of sp³-hybridized carbons (Fsp3) is 0.316. The molecule has 0 aliphatic heterocycles. The summed E-state index contributed by atoms with van der Waals surface area (Å²) in [5.41, 5.74) is 0.714. The van der Waals surface area contributed by atoms with Gasteiger partial charge < -0.3 is 15.2 Å². The predicted octanol–water partition coefficient (Wildman–Crippen LogP) is 4.10. The standard InChI is InChI=1S/C19H19ClN4O2/c20-19-22-10-13(11-23-19)24-18-17-5-4-16(8-12(17)6-7-21-18)26-15-3-1-2-14(25)9-15/h4-8,10-11,14-15,25H,1-3,9H2,(H,21,24). The van der Waals surface area contributed by atoms with Crippen LogP contribution in [-0.4, -0.2) is 32.3 Å². The molecule has 0 bridgehead atoms. The summed E-state index contributed by atoms with van der Waals surface area (Å²) >= 11 is 5.72. The van der Waals surface area contributed by atoms with Crippen molar-refractivity contribution in [2.75, 3.05) is 5.32 Å². The minimum absolute atomic E-state index is 0.0712. The van der Waals surface area contributed by atoms with E-state index >= 15 is 0 Å². The van der Waals surface area contributed by atoms with Gasteiger partial charge in [-0.1, -0.05) is 0 Å². The Morgan fingerprint density at radius 3 is 2.77 bits per heavy atom. The van der Waals surface area contributed by atoms with Crippen molar-refractivity contribution in [1.82, 2.24) is 15.0 Å². The van der Waals surface area contributed by atoms with E-state index in [0.29, 0.717) is 17.9 Å². The number of benzene rings is 1. The Labute approximate surface area is 156 Å². The molecule has 4 rings (SSSR count). The van der Waals surface area contributed by atoms with E-state index < -0.39 is 0 Å². The molecule has 0 radical (unpaired) electrons. The molecule has 1 aromatic carbocycles. The first-order valence-corrected chi connectivity index (χ1v) is 9.03. The van der Waals surface area contributed by atoms with Crippen LogP contribution in [0.1, 0.15) is 25.7 Å². The molecule has 1 saturated carbocycles. The van der Waals surface area contributed by atoms with Crippen molar-refractivity contribution in [1.29, 1.82) is 0 Å². The third-order valence-corrected chi connectivity index (χ3v) is 4.72. The van der Waals surface area contributed by atoms with Crippen LogP contribution in [0.3, 0.4) is 0 Å². The zero-order chi connectivity index (χ0) is 17.9. The maximum atomic E-state index is 9.81. The molecule has 134 valence electrons. The molecule has 0 amide bonds. The third-order valence-electron chi connectivity index (χ3n) is 4.52. The van der Waals surface area contributed by atoms with Gasteiger partial charge in [-0.15, -0.1) is 0 Å². The summed E-state index contributed by atoms with van der Waals surface area (Å²) in [5, 5.41) is 15.2. The number of halogens is 1. The van der Waals surface area contributed by atoms with Crippen LogP contribution < -0.4 is 10.1 Å². The Bertz CT molecular complexity index is 904. The van der Waals surface area contributed by atoms with E-state index in [2.05, 4.69) is 20.3 Å². The molecule has 1 aliphatic rings. The average molecular weight is 371 g/mol. The molecule has 2 heterocycles. The number of nitrogens with one attached hydrogen (secondary N) is 1. The lowest BCUT2D eigenvalue weighted by Crippen LogP contribution is -2.28. The fourth-order valence-electron chi connectivity index (χ4n) is 3.26. The van der Waals surface area contributed by atoms with Crippen LogP contribution in [0.2, 0.25) is 5.28 Å². The van der Waals surface area contributed by atoms with Gasteiger partial charge in [-0.05, 0) is 60.5 Å². The van der Waals surface area contributed by atoms with Gasteiger partial charge >= 0.3 is 0 Å². The lowest BCUT2D eigenvalue weighted by Gasteiger charge is -2.26. The van der Waals surface area contributed by atoms with Gasteiger partial charge in [-0.25, -0.2) is 15.0 Å². The van der Waals surface area contributed by atoms with Crippen LogP contribution in [0.15, 0.2) is 42.9 Å². The molecule has 7 heteroatoms. The van der Waals surface area contributed by atoms with Crippen LogP contribution in [-0.2, 0) is 0 Å². The molecule has 0 saturated heterocycles. The number of hydrogen-bond donors (Lipinski definition) is 2. The Kier molecular flexibility index (Phi) is 4.86. The van der Waals surface area contributed by atoms with Crippen LogP contribution in [0.5, 0.6) is 5.75 Å². The maximum absolute atomic E-state index is 9.81. The largest absolute Gasteiger partial charge is 0.490 e. The van der Waals surface area contributed by atoms with Gasteiger partial charge in [0.15, 0.2) is 0 Å². The fourth-order valence-corrected chi connectivity index (χ4v) is 3.36. The minimum Gasteiger partial charge on any atom is -0.490 e. The van der Waals surface area contributed by atoms with Crippen LogP contribution in [0.4, 0.5) is 11.5 Å². The molecule has 2 N–H and O–H groups in total. The Hall–Kier alpha value is -2.44. The van der Waals surface area contributed by atoms with Gasteiger partial charge in [0.05, 0.1) is 24.2 Å². The topological polar surface area (TPSA) is 80.2 Å². The Morgan fingerprint density at radius 1 is 1.12 bits per heavy atom. The molecule has 1 aliphatic carbocycles. The summed E-state index contributed by atoms with van der Waals surface area (Å²) in [4.78, 5) is 12.3. The van der Waals surface area contributed by atoms with Gasteiger partial charge in [-0.3, -0.25) is 0 Å². The van der Waals surface area contributed by atoms with Crippen LogP contribution in [0, 0.1) is 0 Å². The number of nitrogens with zero attached hydrogens (tertiary/aromatic N) is 3. The average Bonchev–Trinajstić information content (AvgIpc) is 2.64. The van der Waals surface area contributed by atoms with Gasteiger partial charge in [0.25, 0.3) is 0 Å². The van der Waals surface area contributed by atoms with E-state index in [1.165, 1.54) is 0 Å². The number of hydrogen-bond acceptors (Lipinski definition) is 6. The number of anilines is 2. The van der Waals surface area contributed by atoms with E-state index in [1.807, 2.05) is 24.3 Å². The first-order chi connectivity index (χ1) is 12.7. The molecule has 2 atom stereocenters. The molecule has 3 aromatic rings. The van der Waals surface area contributed by atoms with E-state index in [9.17, 15) is 5.11 Å². The second-order valence-electron chi connectivity index (χ2n) is 6.47. The van der Waals surface area contributed by atoms with E-state index in [1.54, 1.807) is 18.6 Å². The molecule has 6 nitrogen and oxygen atoms in total. The first kappa shape index (κ1) is 17.0. The summed E-state index contributed by atoms with van der Waals surface area (Å²) in [6.07, 6.45) is 8.33. The normalized spacial score (nSPS) is 20.1. The monoisotopic (exact) mass is 370 g/mol. The van der Waals surface area contributed by atoms with Crippen molar-refractivity contribution >= 4 is 33.9 Å². The number of rotatable bonds is 4. The first-order valence-electron chi connectivity index (χ1n) is 8.65. The zero-order valence-electron chi connectivity index (χ0n) is 14.1. The highest BCUT2D eigenvalue weighted by Crippen LogP contribution is 2.29. The number of aromatic nitrogens is 3. The Balaban J connectivity index is 1.56. The Morgan fingerprint density at radius 2 is 1.96 bits per heavy atom. The van der Waals surface area contributed by atoms with Crippen molar-refractivity contribution in [3.63, 3.8) is 0 Å². The third kappa shape index (κ3) is 3.86. The molecular weight excluding hydrogens is 352 g/mol. The molecule has 2 aromatic heterocycles. The molecule has 0 spiro atoms. The number of ether oxygens (including phenoxy) is 1. The lowest BCUT2D eigenvalue weighted by atomic mass is 9.95. The summed E-state index contributed by atoms with van der Waals surface area (Å²) < 4.78 is 6.07. The van der Waals surface area contributed by atoms with Crippen LogP contribution >= 0.6 is 11.6 Å². The van der Waals surface area contributed by atoms with Crippen molar-refractivity contribution in [2.45, 2.75) is 37.9 Å². The van der Waals surface area contributed by atoms with E-state index in [-0.39, 0.29) is 17.5 Å². The van der Waals surface area contributed by atoms with Crippen molar-refractivity contribution in [3.05, 3.63) is 48.1 Å². The van der Waals surface area contributed by atoms with Crippen molar-refractivity contribution in [3.8, 4) is 5.75 Å². The van der Waals surface area contributed by atoms with Gasteiger partial charge in [0.1, 0.15) is 17.7 Å². The number of aliphatic hydroxyl groups excluding tert-OH is 1. The van der Waals surface area contributed by atoms with Gasteiger partial charge in [-0.2, -0.15) is 0 Å². The number of aliphatic hydroxyl groups is 1. The highest BCUT2D eigenvalue weighted by molar-refractivity contribution is 6.28. The second-order valence-corrected chi connectivity index (χ2v) is 6.81. The molecular formula is C19H19ClN4O2. The highest BCUT2D eigenvalue weighted by Gasteiger charge is 2.21. The quantitative estimate of drug-likeness (QED) is 0.673. The molecule has 2 unspecified atom stereocenters. The number of fused-ring (bicyclic) bond motifs is 1. The van der Waals surface area contributed by atoms with E-state index in [0.717, 1.165) is 35.8 Å². The van der Waals surface area contributed by atoms with Crippen molar-refractivity contribution < 1.29 is 9.84 Å². The molecule has 1 fully saturated rings. The minimum atomic E-state index is -0.254. The van der Waals surface area contributed by atoms with Gasteiger partial charge in [0, 0.05) is 18.0 Å². The predicted molar refractivity (Wildman–Crippen MR) is 101 cm³/mol. The highest BCUT2D eigenvalue weighted by atomic mass is 35.5. The summed E-state index contributed by atoms with van der Waals surface area (Å²) in [6.45, 7) is 0. The van der Waals surface area contributed by atoms with Gasteiger partial charge in [0.2, 0.25) is 5.28 Å². The summed E-state index contributed by atoms with van der Waals surface area (Å²) in [7, 11) is 0. The maximum Gasteiger partial charge on any atom is 0.222 e. The van der Waals surface area contributed by atoms with E-state index in [4.69, 9.17) is 16.3 Å². The second kappa shape index (κ2) is 7.43. The number of pyridine rings is 1. The zero-order valence-corrected chi connectivity index (χ0v) is 14.9. The lowest BCUT2D eigenvalue weighted by molar-refractivity contribution is 0.0537. The SMILES string of the molecule is OC1CCCC(Oc2ccc3c(Nc4cnc(Cl)nc4)nccc3c2)C1. The molecule has 26 heavy (non-hydrogen) atoms. The van der Waals surface area contributed by atoms with Crippen LogP contribution in [0.25, 0.3) is 10.8 Å².